The number of alkyl halides is 3. The molecule has 11 heteroatoms. The summed E-state index contributed by atoms with van der Waals surface area (Å²) in [7, 11) is -4.21. The van der Waals surface area contributed by atoms with Crippen molar-refractivity contribution in [3.63, 3.8) is 0 Å². The summed E-state index contributed by atoms with van der Waals surface area (Å²) in [5, 5.41) is 0. The Morgan fingerprint density at radius 2 is 1.67 bits per heavy atom. The normalized spacial score (nSPS) is 27.3. The number of benzene rings is 2. The topological polar surface area (TPSA) is 78.1 Å². The number of H-pyrrole nitrogens is 1. The molecule has 2 aliphatic carbocycles. The van der Waals surface area contributed by atoms with E-state index >= 15 is 0 Å². The van der Waals surface area contributed by atoms with E-state index in [1.54, 1.807) is 18.3 Å². The number of aromatic amines is 1. The summed E-state index contributed by atoms with van der Waals surface area (Å²) >= 11 is 0. The van der Waals surface area contributed by atoms with Crippen LogP contribution in [0.25, 0.3) is 22.6 Å². The molecule has 190 valence electrons. The molecule has 0 radical (unpaired) electrons. The molecule has 2 aromatic carbocycles. The molecule has 3 aliphatic rings. The lowest BCUT2D eigenvalue weighted by atomic mass is 9.79. The largest absolute Gasteiger partial charge is 0.402 e. The van der Waals surface area contributed by atoms with Crippen molar-refractivity contribution in [1.82, 2.24) is 19.0 Å². The van der Waals surface area contributed by atoms with E-state index in [2.05, 4.69) is 14.7 Å². The number of nitrogens with one attached hydrogen (secondary N) is 2. The number of fused-ring (bicyclic) bond motifs is 1. The number of rotatable bonds is 3. The van der Waals surface area contributed by atoms with E-state index in [0.29, 0.717) is 23.0 Å². The first-order valence-electron chi connectivity index (χ1n) is 11.8. The summed E-state index contributed by atoms with van der Waals surface area (Å²) in [5.41, 5.74) is 3.67. The van der Waals surface area contributed by atoms with Gasteiger partial charge >= 0.3 is 6.18 Å². The van der Waals surface area contributed by atoms with E-state index in [1.807, 2.05) is 18.2 Å². The Morgan fingerprint density at radius 1 is 1.00 bits per heavy atom. The molecule has 2 fully saturated rings. The molecule has 1 aromatic heterocycles. The number of nitrogens with zero attached hydrogens (tertiary/aromatic N) is 2. The highest BCUT2D eigenvalue weighted by atomic mass is 32.2. The fraction of sp³-hybridized carbons (Fsp3) is 0.400. The van der Waals surface area contributed by atoms with Gasteiger partial charge in [-0.25, -0.2) is 9.37 Å². The molecule has 0 amide bonds. The molecule has 2 bridgehead atoms. The second-order valence-corrected chi connectivity index (χ2v) is 11.7. The van der Waals surface area contributed by atoms with Crippen molar-refractivity contribution in [2.75, 3.05) is 13.1 Å². The highest BCUT2D eigenvalue weighted by Gasteiger charge is 2.60. The lowest BCUT2D eigenvalue weighted by Gasteiger charge is -2.33. The Hall–Kier alpha value is -2.76. The third-order valence-corrected chi connectivity index (χ3v) is 9.49. The van der Waals surface area contributed by atoms with Crippen LogP contribution >= 0.6 is 0 Å². The van der Waals surface area contributed by atoms with Gasteiger partial charge in [0.05, 0.1) is 17.4 Å². The van der Waals surface area contributed by atoms with Crippen molar-refractivity contribution >= 4 is 10.2 Å². The van der Waals surface area contributed by atoms with Gasteiger partial charge in [-0.2, -0.15) is 30.6 Å². The summed E-state index contributed by atoms with van der Waals surface area (Å²) in [6.45, 7) is -1.64. The average Bonchev–Trinajstić information content (AvgIpc) is 3.43. The van der Waals surface area contributed by atoms with Crippen LogP contribution in [0.4, 0.5) is 17.6 Å². The molecule has 1 saturated heterocycles. The zero-order valence-corrected chi connectivity index (χ0v) is 20.0. The Balaban J connectivity index is 1.29. The van der Waals surface area contributed by atoms with E-state index in [0.717, 1.165) is 40.8 Å². The second kappa shape index (κ2) is 8.12. The first-order valence-corrected chi connectivity index (χ1v) is 13.3. The minimum Gasteiger partial charge on any atom is -0.338 e. The molecule has 2 N–H and O–H groups in total. The van der Waals surface area contributed by atoms with Crippen molar-refractivity contribution in [1.29, 1.82) is 0 Å². The number of aromatic nitrogens is 2. The van der Waals surface area contributed by atoms with E-state index in [1.165, 1.54) is 12.1 Å². The lowest BCUT2D eigenvalue weighted by molar-refractivity contribution is -0.136. The first-order chi connectivity index (χ1) is 17.0. The monoisotopic (exact) mass is 520 g/mol. The van der Waals surface area contributed by atoms with E-state index in [-0.39, 0.29) is 24.2 Å². The van der Waals surface area contributed by atoms with Crippen molar-refractivity contribution in [2.45, 2.75) is 37.4 Å². The van der Waals surface area contributed by atoms with Crippen molar-refractivity contribution in [2.24, 2.45) is 11.8 Å². The van der Waals surface area contributed by atoms with Crippen LogP contribution in [0.3, 0.4) is 0 Å². The zero-order chi connectivity index (χ0) is 25.3. The lowest BCUT2D eigenvalue weighted by Crippen LogP contribution is -2.52. The predicted octanol–water partition coefficient (Wildman–Crippen LogP) is 4.46. The van der Waals surface area contributed by atoms with E-state index < -0.39 is 28.5 Å². The molecule has 6 nitrogen and oxygen atoms in total. The van der Waals surface area contributed by atoms with Crippen molar-refractivity contribution in [3.05, 3.63) is 65.6 Å². The van der Waals surface area contributed by atoms with Gasteiger partial charge in [-0.05, 0) is 84.5 Å². The quantitative estimate of drug-likeness (QED) is 0.501. The predicted molar refractivity (Wildman–Crippen MR) is 125 cm³/mol. The molecule has 1 aliphatic heterocycles. The standard InChI is InChI=1S/C25H24F4N4O2S/c26-21-7-3-15(4-8-21)22-12-30-23(31-22)17-2-1-16-10-19-5-6-20(11-18(16)9-17)24(19)13-33(14-25(27,28)29)36(34,35)32-24/h1-4,7-9,12,19-20,32H,5-6,10-11,13-14H2,(H,30,31)/t19-,20+,24-/m1/s1. The van der Waals surface area contributed by atoms with Gasteiger partial charge < -0.3 is 4.98 Å². The molecule has 3 atom stereocenters. The van der Waals surface area contributed by atoms with Gasteiger partial charge in [0.1, 0.15) is 18.2 Å². The van der Waals surface area contributed by atoms with Crippen LogP contribution in [0.15, 0.2) is 48.7 Å². The maximum atomic E-state index is 13.3. The molecule has 0 unspecified atom stereocenters. The Morgan fingerprint density at radius 3 is 2.36 bits per heavy atom. The van der Waals surface area contributed by atoms with Crippen LogP contribution in [-0.2, 0) is 23.1 Å². The third kappa shape index (κ3) is 4.03. The van der Waals surface area contributed by atoms with Gasteiger partial charge in [0.25, 0.3) is 10.2 Å². The highest BCUT2D eigenvalue weighted by molar-refractivity contribution is 7.87. The van der Waals surface area contributed by atoms with Crippen LogP contribution in [0.1, 0.15) is 24.0 Å². The van der Waals surface area contributed by atoms with Crippen molar-refractivity contribution < 1.29 is 26.0 Å². The van der Waals surface area contributed by atoms with Gasteiger partial charge in [-0.1, -0.05) is 12.1 Å². The summed E-state index contributed by atoms with van der Waals surface area (Å²) < 4.78 is 81.1. The summed E-state index contributed by atoms with van der Waals surface area (Å²) in [6.07, 6.45) is -0.202. The minimum absolute atomic E-state index is 0.0729. The molecule has 6 rings (SSSR count). The van der Waals surface area contributed by atoms with Gasteiger partial charge in [-0.3, -0.25) is 0 Å². The molecular weight excluding hydrogens is 496 g/mol. The molecular formula is C25H24F4N4O2S. The third-order valence-electron chi connectivity index (χ3n) is 7.92. The summed E-state index contributed by atoms with van der Waals surface area (Å²) in [5.74, 6) is 0.163. The smallest absolute Gasteiger partial charge is 0.338 e. The molecule has 2 heterocycles. The summed E-state index contributed by atoms with van der Waals surface area (Å²) in [6, 6.07) is 12.1. The highest BCUT2D eigenvalue weighted by Crippen LogP contribution is 2.50. The average molecular weight is 521 g/mol. The number of hydrogen-bond acceptors (Lipinski definition) is 3. The van der Waals surface area contributed by atoms with Crippen LogP contribution in [0.5, 0.6) is 0 Å². The first kappa shape index (κ1) is 23.6. The molecule has 3 aromatic rings. The van der Waals surface area contributed by atoms with Crippen LogP contribution in [-0.4, -0.2) is 47.5 Å². The Bertz CT molecular complexity index is 1420. The van der Waals surface area contributed by atoms with E-state index in [4.69, 9.17) is 0 Å². The van der Waals surface area contributed by atoms with Crippen LogP contribution < -0.4 is 4.72 Å². The van der Waals surface area contributed by atoms with Gasteiger partial charge in [0.2, 0.25) is 0 Å². The van der Waals surface area contributed by atoms with Gasteiger partial charge in [0, 0.05) is 12.1 Å². The molecule has 36 heavy (non-hydrogen) atoms. The Kier molecular flexibility index (Phi) is 5.33. The minimum atomic E-state index is -4.60. The number of halogens is 4. The van der Waals surface area contributed by atoms with Crippen molar-refractivity contribution in [3.8, 4) is 22.6 Å². The van der Waals surface area contributed by atoms with Crippen LogP contribution in [0.2, 0.25) is 0 Å². The number of hydrogen-bond donors (Lipinski definition) is 2. The summed E-state index contributed by atoms with van der Waals surface area (Å²) in [4.78, 5) is 7.76. The maximum absolute atomic E-state index is 13.3. The van der Waals surface area contributed by atoms with E-state index in [9.17, 15) is 26.0 Å². The zero-order valence-electron chi connectivity index (χ0n) is 19.1. The van der Waals surface area contributed by atoms with Crippen LogP contribution in [0, 0.1) is 17.7 Å². The SMILES string of the molecule is O=S1(=O)N[C@]2(CN1CC(F)(F)F)[C@@H]1CC[C@H]2Cc2cc(-c3ncc(-c4ccc(F)cc4)[nH]3)ccc2C1. The second-order valence-electron chi connectivity index (χ2n) is 10.0. The molecule has 1 saturated carbocycles. The van der Waals surface area contributed by atoms with Gasteiger partial charge in [0.15, 0.2) is 0 Å². The fourth-order valence-electron chi connectivity index (χ4n) is 6.24. The fourth-order valence-corrected chi connectivity index (χ4v) is 7.94. The van der Waals surface area contributed by atoms with Gasteiger partial charge in [-0.15, -0.1) is 0 Å². The number of imidazole rings is 1. The molecule has 1 spiro atoms. The Labute approximate surface area is 205 Å². The maximum Gasteiger partial charge on any atom is 0.402 e.